The number of rotatable bonds is 4. The van der Waals surface area contributed by atoms with Crippen molar-refractivity contribution in [3.8, 4) is 0 Å². The first-order valence-corrected chi connectivity index (χ1v) is 9.11. The first-order valence-electron chi connectivity index (χ1n) is 9.11. The Kier molecular flexibility index (Phi) is 4.29. The first-order chi connectivity index (χ1) is 12.1. The highest BCUT2D eigenvalue weighted by atomic mass is 16.2. The molecule has 1 aromatic rings. The number of nitrogens with one attached hydrogen (secondary N) is 2. The van der Waals surface area contributed by atoms with E-state index in [1.807, 2.05) is 12.1 Å². The van der Waals surface area contributed by atoms with Gasteiger partial charge in [0.1, 0.15) is 6.04 Å². The van der Waals surface area contributed by atoms with Gasteiger partial charge >= 0.3 is 0 Å². The lowest BCUT2D eigenvalue weighted by molar-refractivity contribution is -0.136. The Bertz CT molecular complexity index is 725. The molecule has 6 nitrogen and oxygen atoms in total. The lowest BCUT2D eigenvalue weighted by Gasteiger charge is -2.29. The largest absolute Gasteiger partial charge is 0.322 e. The van der Waals surface area contributed by atoms with E-state index in [4.69, 9.17) is 0 Å². The number of imide groups is 1. The minimum atomic E-state index is -0.544. The molecule has 1 atom stereocenters. The van der Waals surface area contributed by atoms with Crippen molar-refractivity contribution in [1.29, 1.82) is 0 Å². The predicted molar refractivity (Wildman–Crippen MR) is 91.6 cm³/mol. The van der Waals surface area contributed by atoms with E-state index >= 15 is 0 Å². The lowest BCUT2D eigenvalue weighted by Crippen LogP contribution is -2.52. The minimum Gasteiger partial charge on any atom is -0.322 e. The van der Waals surface area contributed by atoms with Crippen LogP contribution in [0.5, 0.6) is 0 Å². The average Bonchev–Trinajstić information content (AvgIpc) is 3.21. The molecule has 2 N–H and O–H groups in total. The van der Waals surface area contributed by atoms with Crippen molar-refractivity contribution in [2.75, 3.05) is 0 Å². The second kappa shape index (κ2) is 6.59. The summed E-state index contributed by atoms with van der Waals surface area (Å²) in [4.78, 5) is 37.6. The normalized spacial score (nSPS) is 23.9. The Morgan fingerprint density at radius 2 is 1.92 bits per heavy atom. The van der Waals surface area contributed by atoms with Gasteiger partial charge in [-0.3, -0.25) is 19.7 Å². The molecule has 3 amide bonds. The maximum atomic E-state index is 12.6. The van der Waals surface area contributed by atoms with Crippen molar-refractivity contribution in [2.45, 2.75) is 63.7 Å². The van der Waals surface area contributed by atoms with Gasteiger partial charge in [0.2, 0.25) is 11.8 Å². The number of piperidine rings is 1. The molecular weight excluding hydrogens is 318 g/mol. The van der Waals surface area contributed by atoms with Crippen LogP contribution >= 0.6 is 0 Å². The highest BCUT2D eigenvalue weighted by Gasteiger charge is 2.39. The van der Waals surface area contributed by atoms with Gasteiger partial charge in [-0.1, -0.05) is 25.0 Å². The molecule has 0 aromatic heterocycles. The predicted octanol–water partition coefficient (Wildman–Crippen LogP) is 1.48. The summed E-state index contributed by atoms with van der Waals surface area (Å²) in [5.41, 5.74) is 2.82. The molecule has 132 valence electrons. The molecule has 2 fully saturated rings. The second-order valence-corrected chi connectivity index (χ2v) is 7.25. The van der Waals surface area contributed by atoms with Gasteiger partial charge < -0.3 is 10.2 Å². The van der Waals surface area contributed by atoms with E-state index < -0.39 is 6.04 Å². The molecule has 0 radical (unpaired) electrons. The summed E-state index contributed by atoms with van der Waals surface area (Å²) >= 11 is 0. The number of carbonyl (C=O) groups is 3. The van der Waals surface area contributed by atoms with Crippen LogP contribution in [0.25, 0.3) is 0 Å². The highest BCUT2D eigenvalue weighted by molar-refractivity contribution is 6.05. The zero-order valence-electron chi connectivity index (χ0n) is 14.2. The fraction of sp³-hybridized carbons (Fsp3) is 0.526. The first kappa shape index (κ1) is 16.3. The molecule has 1 saturated carbocycles. The van der Waals surface area contributed by atoms with Gasteiger partial charge in [-0.05, 0) is 36.5 Å². The van der Waals surface area contributed by atoms with Crippen molar-refractivity contribution >= 4 is 17.7 Å². The van der Waals surface area contributed by atoms with Crippen LogP contribution in [0, 0.1) is 0 Å². The maximum absolute atomic E-state index is 12.6. The lowest BCUT2D eigenvalue weighted by atomic mass is 10.0. The molecule has 1 saturated heterocycles. The third-order valence-electron chi connectivity index (χ3n) is 5.54. The zero-order chi connectivity index (χ0) is 17.4. The molecular formula is C19H23N3O3. The van der Waals surface area contributed by atoms with E-state index in [-0.39, 0.29) is 24.1 Å². The molecule has 3 aliphatic rings. The topological polar surface area (TPSA) is 78.5 Å². The molecule has 1 aliphatic carbocycles. The van der Waals surface area contributed by atoms with Gasteiger partial charge in [-0.15, -0.1) is 0 Å². The van der Waals surface area contributed by atoms with Crippen molar-refractivity contribution in [1.82, 2.24) is 15.5 Å². The van der Waals surface area contributed by atoms with Crippen molar-refractivity contribution < 1.29 is 14.4 Å². The summed E-state index contributed by atoms with van der Waals surface area (Å²) in [6, 6.07) is 6.00. The Balaban J connectivity index is 1.45. The van der Waals surface area contributed by atoms with Crippen molar-refractivity contribution in [3.05, 3.63) is 34.9 Å². The molecule has 1 unspecified atom stereocenters. The number of carbonyl (C=O) groups excluding carboxylic acids is 3. The Labute approximate surface area is 147 Å². The zero-order valence-corrected chi connectivity index (χ0v) is 14.2. The van der Waals surface area contributed by atoms with Crippen molar-refractivity contribution in [2.24, 2.45) is 0 Å². The van der Waals surface area contributed by atoms with Crippen LogP contribution in [0.2, 0.25) is 0 Å². The Hall–Kier alpha value is -2.21. The van der Waals surface area contributed by atoms with Crippen LogP contribution in [-0.2, 0) is 22.7 Å². The van der Waals surface area contributed by atoms with Gasteiger partial charge in [0.25, 0.3) is 5.91 Å². The van der Waals surface area contributed by atoms with Crippen LogP contribution < -0.4 is 10.6 Å². The van der Waals surface area contributed by atoms with E-state index in [0.717, 1.165) is 12.1 Å². The Morgan fingerprint density at radius 3 is 2.68 bits per heavy atom. The fourth-order valence-corrected chi connectivity index (χ4v) is 4.13. The summed E-state index contributed by atoms with van der Waals surface area (Å²) < 4.78 is 0. The monoisotopic (exact) mass is 341 g/mol. The van der Waals surface area contributed by atoms with Crippen LogP contribution in [0.1, 0.15) is 60.0 Å². The summed E-state index contributed by atoms with van der Waals surface area (Å²) in [5, 5.41) is 5.92. The number of fused-ring (bicyclic) bond motifs is 1. The van der Waals surface area contributed by atoms with Gasteiger partial charge in [-0.2, -0.15) is 0 Å². The van der Waals surface area contributed by atoms with E-state index in [9.17, 15) is 14.4 Å². The molecule has 25 heavy (non-hydrogen) atoms. The van der Waals surface area contributed by atoms with Gasteiger partial charge in [0.05, 0.1) is 0 Å². The summed E-state index contributed by atoms with van der Waals surface area (Å²) in [6.07, 6.45) is 5.78. The molecule has 1 aromatic carbocycles. The minimum absolute atomic E-state index is 0.111. The van der Waals surface area contributed by atoms with E-state index in [1.165, 1.54) is 31.2 Å². The molecule has 0 spiro atoms. The SMILES string of the molecule is O=C1CCC(N2Cc3cc(CNC4CCCC4)ccc3C2=O)C(=O)N1. The number of nitrogens with zero attached hydrogens (tertiary/aromatic N) is 1. The van der Waals surface area contributed by atoms with E-state index in [1.54, 1.807) is 4.90 Å². The molecule has 0 bridgehead atoms. The van der Waals surface area contributed by atoms with Crippen molar-refractivity contribution in [3.63, 3.8) is 0 Å². The van der Waals surface area contributed by atoms with E-state index in [0.29, 0.717) is 24.6 Å². The fourth-order valence-electron chi connectivity index (χ4n) is 4.13. The third-order valence-corrected chi connectivity index (χ3v) is 5.54. The maximum Gasteiger partial charge on any atom is 0.255 e. The number of amides is 3. The molecule has 2 aliphatic heterocycles. The quantitative estimate of drug-likeness (QED) is 0.813. The summed E-state index contributed by atoms with van der Waals surface area (Å²) in [5.74, 6) is -0.731. The van der Waals surface area contributed by atoms with Gasteiger partial charge in [0.15, 0.2) is 0 Å². The summed E-state index contributed by atoms with van der Waals surface area (Å²) in [7, 11) is 0. The average molecular weight is 341 g/mol. The van der Waals surface area contributed by atoms with Gasteiger partial charge in [-0.25, -0.2) is 0 Å². The molecule has 2 heterocycles. The van der Waals surface area contributed by atoms with Crippen LogP contribution in [0.4, 0.5) is 0 Å². The standard InChI is InChI=1S/C19H23N3O3/c23-17-8-7-16(18(24)21-17)22-11-13-9-12(5-6-15(13)19(22)25)10-20-14-3-1-2-4-14/h5-6,9,14,16,20H,1-4,7-8,10-11H2,(H,21,23,24). The van der Waals surface area contributed by atoms with Gasteiger partial charge in [0, 0.05) is 31.1 Å². The molecule has 4 rings (SSSR count). The highest BCUT2D eigenvalue weighted by Crippen LogP contribution is 2.28. The second-order valence-electron chi connectivity index (χ2n) is 7.25. The number of benzene rings is 1. The van der Waals surface area contributed by atoms with E-state index in [2.05, 4.69) is 16.7 Å². The van der Waals surface area contributed by atoms with Crippen LogP contribution in [-0.4, -0.2) is 34.7 Å². The molecule has 6 heteroatoms. The smallest absolute Gasteiger partial charge is 0.255 e. The Morgan fingerprint density at radius 1 is 1.12 bits per heavy atom. The third kappa shape index (κ3) is 3.18. The van der Waals surface area contributed by atoms with Crippen LogP contribution in [0.3, 0.4) is 0 Å². The number of hydrogen-bond donors (Lipinski definition) is 2. The number of hydrogen-bond acceptors (Lipinski definition) is 4. The summed E-state index contributed by atoms with van der Waals surface area (Å²) in [6.45, 7) is 1.25. The van der Waals surface area contributed by atoms with Crippen LogP contribution in [0.15, 0.2) is 18.2 Å².